The molecule has 0 N–H and O–H groups in total. The highest BCUT2D eigenvalue weighted by Crippen LogP contribution is 2.35. The monoisotopic (exact) mass is 433 g/mol. The molecule has 0 unspecified atom stereocenters. The number of thioether (sulfide) groups is 1. The van der Waals surface area contributed by atoms with Gasteiger partial charge in [0.1, 0.15) is 18.2 Å². The first-order chi connectivity index (χ1) is 15.0. The van der Waals surface area contributed by atoms with Crippen LogP contribution in [0.2, 0.25) is 0 Å². The summed E-state index contributed by atoms with van der Waals surface area (Å²) in [5.74, 6) is -0.0952. The molecule has 2 amide bonds. The van der Waals surface area contributed by atoms with Crippen LogP contribution in [-0.4, -0.2) is 16.0 Å². The lowest BCUT2D eigenvalue weighted by atomic mass is 10.1. The number of para-hydroxylation sites is 1. The van der Waals surface area contributed by atoms with E-state index in [-0.39, 0.29) is 23.5 Å². The van der Waals surface area contributed by atoms with Crippen LogP contribution in [0, 0.1) is 12.7 Å². The molecule has 1 saturated heterocycles. The van der Waals surface area contributed by atoms with Gasteiger partial charge in [-0.25, -0.2) is 4.39 Å². The molecule has 0 aliphatic carbocycles. The minimum Gasteiger partial charge on any atom is -0.488 e. The Morgan fingerprint density at radius 1 is 0.968 bits per heavy atom. The molecule has 6 heteroatoms. The van der Waals surface area contributed by atoms with Crippen molar-refractivity contribution in [2.45, 2.75) is 20.1 Å². The van der Waals surface area contributed by atoms with E-state index < -0.39 is 0 Å². The predicted octanol–water partition coefficient (Wildman–Crippen LogP) is 5.95. The number of halogens is 1. The Labute approximate surface area is 184 Å². The first kappa shape index (κ1) is 20.9. The molecule has 4 nitrogen and oxygen atoms in total. The van der Waals surface area contributed by atoms with Gasteiger partial charge in [0.05, 0.1) is 11.4 Å². The molecule has 3 aromatic carbocycles. The molecule has 0 spiro atoms. The van der Waals surface area contributed by atoms with Crippen molar-refractivity contribution in [3.05, 3.63) is 106 Å². The van der Waals surface area contributed by atoms with E-state index in [0.717, 1.165) is 28.5 Å². The molecule has 31 heavy (non-hydrogen) atoms. The van der Waals surface area contributed by atoms with E-state index in [1.54, 1.807) is 18.2 Å². The zero-order chi connectivity index (χ0) is 21.8. The Bertz CT molecular complexity index is 1160. The Kier molecular flexibility index (Phi) is 6.18. The number of ether oxygens (including phenoxy) is 1. The fourth-order valence-electron chi connectivity index (χ4n) is 3.24. The molecule has 1 aliphatic rings. The summed E-state index contributed by atoms with van der Waals surface area (Å²) in [5.41, 5.74) is 3.62. The predicted molar refractivity (Wildman–Crippen MR) is 120 cm³/mol. The molecule has 156 valence electrons. The number of nitrogens with zero attached hydrogens (tertiary/aromatic N) is 1. The number of hydrogen-bond acceptors (Lipinski definition) is 4. The third kappa shape index (κ3) is 5.03. The Morgan fingerprint density at radius 3 is 2.52 bits per heavy atom. The number of rotatable bonds is 6. The number of amides is 2. The number of imide groups is 1. The van der Waals surface area contributed by atoms with Gasteiger partial charge in [-0.15, -0.1) is 0 Å². The van der Waals surface area contributed by atoms with Crippen molar-refractivity contribution in [1.82, 2.24) is 4.90 Å². The fourth-order valence-corrected chi connectivity index (χ4v) is 4.07. The molecule has 1 aliphatic heterocycles. The van der Waals surface area contributed by atoms with Gasteiger partial charge < -0.3 is 4.74 Å². The lowest BCUT2D eigenvalue weighted by molar-refractivity contribution is -0.123. The second-order valence-electron chi connectivity index (χ2n) is 7.21. The minimum absolute atomic E-state index is 0.105. The van der Waals surface area contributed by atoms with Gasteiger partial charge in [0.25, 0.3) is 11.1 Å². The lowest BCUT2D eigenvalue weighted by Crippen LogP contribution is -2.27. The van der Waals surface area contributed by atoms with Crippen molar-refractivity contribution in [3.63, 3.8) is 0 Å². The van der Waals surface area contributed by atoms with E-state index in [0.29, 0.717) is 22.8 Å². The van der Waals surface area contributed by atoms with Crippen LogP contribution in [-0.2, 0) is 17.9 Å². The van der Waals surface area contributed by atoms with Crippen molar-refractivity contribution < 1.29 is 18.7 Å². The summed E-state index contributed by atoms with van der Waals surface area (Å²) >= 11 is 0.893. The summed E-state index contributed by atoms with van der Waals surface area (Å²) in [6.07, 6.45) is 1.68. The van der Waals surface area contributed by atoms with Crippen LogP contribution in [0.3, 0.4) is 0 Å². The molecular weight excluding hydrogens is 413 g/mol. The van der Waals surface area contributed by atoms with E-state index in [9.17, 15) is 14.0 Å². The van der Waals surface area contributed by atoms with Crippen LogP contribution in [0.15, 0.2) is 77.7 Å². The Balaban J connectivity index is 1.51. The van der Waals surface area contributed by atoms with Crippen molar-refractivity contribution in [3.8, 4) is 5.75 Å². The smallest absolute Gasteiger partial charge is 0.293 e. The molecule has 0 atom stereocenters. The largest absolute Gasteiger partial charge is 0.488 e. The highest BCUT2D eigenvalue weighted by Gasteiger charge is 2.35. The molecule has 0 aromatic heterocycles. The molecule has 0 bridgehead atoms. The molecule has 0 radical (unpaired) electrons. The standard InChI is InChI=1S/C25H20FNO3S/c1-17-5-4-6-19(13-17)16-30-22-8-3-2-7-20(22)14-23-24(28)27(25(29)31-23)15-18-9-11-21(26)12-10-18/h2-14H,15-16H2,1H3/b23-14+. The minimum atomic E-state index is -0.368. The quantitative estimate of drug-likeness (QED) is 0.451. The van der Waals surface area contributed by atoms with Crippen LogP contribution in [0.4, 0.5) is 9.18 Å². The van der Waals surface area contributed by atoms with Gasteiger partial charge in [-0.3, -0.25) is 14.5 Å². The molecule has 1 heterocycles. The third-order valence-corrected chi connectivity index (χ3v) is 5.72. The number of carbonyl (C=O) groups excluding carboxylic acids is 2. The van der Waals surface area contributed by atoms with Crippen molar-refractivity contribution >= 4 is 29.0 Å². The highest BCUT2D eigenvalue weighted by molar-refractivity contribution is 8.18. The summed E-state index contributed by atoms with van der Waals surface area (Å²) < 4.78 is 19.1. The van der Waals surface area contributed by atoms with Gasteiger partial charge in [-0.1, -0.05) is 60.2 Å². The fraction of sp³-hybridized carbons (Fsp3) is 0.120. The van der Waals surface area contributed by atoms with Crippen molar-refractivity contribution in [2.75, 3.05) is 0 Å². The molecule has 1 fully saturated rings. The summed E-state index contributed by atoms with van der Waals surface area (Å²) in [6.45, 7) is 2.53. The Hall–Kier alpha value is -3.38. The molecular formula is C25H20FNO3S. The van der Waals surface area contributed by atoms with Gasteiger partial charge in [0.2, 0.25) is 0 Å². The summed E-state index contributed by atoms with van der Waals surface area (Å²) in [5, 5.41) is -0.348. The molecule has 4 rings (SSSR count). The van der Waals surface area contributed by atoms with Crippen molar-refractivity contribution in [2.24, 2.45) is 0 Å². The zero-order valence-electron chi connectivity index (χ0n) is 16.9. The first-order valence-electron chi connectivity index (χ1n) is 9.77. The lowest BCUT2D eigenvalue weighted by Gasteiger charge is -2.12. The topological polar surface area (TPSA) is 46.6 Å². The summed E-state index contributed by atoms with van der Waals surface area (Å²) in [7, 11) is 0. The Morgan fingerprint density at radius 2 is 1.74 bits per heavy atom. The van der Waals surface area contributed by atoms with Crippen LogP contribution < -0.4 is 4.74 Å². The van der Waals surface area contributed by atoms with Gasteiger partial charge >= 0.3 is 0 Å². The van der Waals surface area contributed by atoms with Crippen LogP contribution in [0.1, 0.15) is 22.3 Å². The summed E-state index contributed by atoms with van der Waals surface area (Å²) in [4.78, 5) is 26.7. The van der Waals surface area contributed by atoms with Crippen LogP contribution in [0.25, 0.3) is 6.08 Å². The zero-order valence-corrected chi connectivity index (χ0v) is 17.7. The number of hydrogen-bond donors (Lipinski definition) is 0. The van der Waals surface area contributed by atoms with E-state index in [4.69, 9.17) is 4.74 Å². The number of aryl methyl sites for hydroxylation is 1. The second kappa shape index (κ2) is 9.18. The van der Waals surface area contributed by atoms with Gasteiger partial charge in [-0.05, 0) is 54.1 Å². The van der Waals surface area contributed by atoms with Gasteiger partial charge in [0, 0.05) is 5.56 Å². The van der Waals surface area contributed by atoms with Crippen LogP contribution in [0.5, 0.6) is 5.75 Å². The first-order valence-corrected chi connectivity index (χ1v) is 10.6. The number of carbonyl (C=O) groups is 2. The maximum absolute atomic E-state index is 13.1. The highest BCUT2D eigenvalue weighted by atomic mass is 32.2. The third-order valence-electron chi connectivity index (χ3n) is 4.81. The average Bonchev–Trinajstić information content (AvgIpc) is 3.02. The normalized spacial score (nSPS) is 15.0. The molecule has 3 aromatic rings. The van der Waals surface area contributed by atoms with E-state index in [2.05, 4.69) is 6.07 Å². The van der Waals surface area contributed by atoms with E-state index >= 15 is 0 Å². The van der Waals surface area contributed by atoms with Crippen molar-refractivity contribution in [1.29, 1.82) is 0 Å². The maximum atomic E-state index is 13.1. The second-order valence-corrected chi connectivity index (χ2v) is 8.20. The van der Waals surface area contributed by atoms with Gasteiger partial charge in [0.15, 0.2) is 0 Å². The average molecular weight is 434 g/mol. The van der Waals surface area contributed by atoms with E-state index in [1.807, 2.05) is 49.4 Å². The molecule has 0 saturated carbocycles. The SMILES string of the molecule is Cc1cccc(COc2ccccc2/C=C2/SC(=O)N(Cc3ccc(F)cc3)C2=O)c1. The van der Waals surface area contributed by atoms with Crippen LogP contribution >= 0.6 is 11.8 Å². The van der Waals surface area contributed by atoms with Gasteiger partial charge in [-0.2, -0.15) is 0 Å². The van der Waals surface area contributed by atoms with E-state index in [1.165, 1.54) is 17.0 Å². The maximum Gasteiger partial charge on any atom is 0.293 e. The summed E-state index contributed by atoms with van der Waals surface area (Å²) in [6, 6.07) is 21.2. The number of benzene rings is 3.